The second-order valence-corrected chi connectivity index (χ2v) is 10.7. The number of hydrogen-bond acceptors (Lipinski definition) is 4. The van der Waals surface area contributed by atoms with Gasteiger partial charge in [0.2, 0.25) is 21.8 Å². The fraction of sp³-hybridized carbons (Fsp3) is 0.440. The van der Waals surface area contributed by atoms with Crippen LogP contribution in [0.5, 0.6) is 0 Å². The molecule has 1 saturated heterocycles. The molecule has 2 aliphatic heterocycles. The SMILES string of the molecule is CCC(=O)N1c2ccc(S(=O)(=O)N3CCCCC3)cc2CC1C(=O)NCc1ccccc1C. The average molecular weight is 470 g/mol. The molecular formula is C25H31N3O4S. The number of nitrogens with one attached hydrogen (secondary N) is 1. The van der Waals surface area contributed by atoms with Gasteiger partial charge in [-0.25, -0.2) is 8.42 Å². The van der Waals surface area contributed by atoms with Gasteiger partial charge in [-0.2, -0.15) is 4.31 Å². The summed E-state index contributed by atoms with van der Waals surface area (Å²) in [4.78, 5) is 27.7. The zero-order valence-electron chi connectivity index (χ0n) is 19.2. The van der Waals surface area contributed by atoms with E-state index < -0.39 is 16.1 Å². The van der Waals surface area contributed by atoms with Crippen LogP contribution >= 0.6 is 0 Å². The Balaban J connectivity index is 1.58. The van der Waals surface area contributed by atoms with Crippen molar-refractivity contribution in [2.45, 2.75) is 63.4 Å². The molecule has 7 nitrogen and oxygen atoms in total. The molecule has 0 aromatic heterocycles. The number of fused-ring (bicyclic) bond motifs is 1. The van der Waals surface area contributed by atoms with Gasteiger partial charge in [0.05, 0.1) is 4.90 Å². The Bertz CT molecular complexity index is 1160. The van der Waals surface area contributed by atoms with Gasteiger partial charge in [0.1, 0.15) is 6.04 Å². The van der Waals surface area contributed by atoms with Crippen LogP contribution in [-0.4, -0.2) is 43.7 Å². The summed E-state index contributed by atoms with van der Waals surface area (Å²) in [5.41, 5.74) is 3.44. The zero-order valence-corrected chi connectivity index (χ0v) is 20.0. The summed E-state index contributed by atoms with van der Waals surface area (Å²) in [5.74, 6) is -0.395. The van der Waals surface area contributed by atoms with E-state index in [4.69, 9.17) is 0 Å². The third-order valence-electron chi connectivity index (χ3n) is 6.58. The summed E-state index contributed by atoms with van der Waals surface area (Å²) in [6.45, 7) is 5.19. The summed E-state index contributed by atoms with van der Waals surface area (Å²) < 4.78 is 27.8. The number of sulfonamides is 1. The molecule has 2 aromatic carbocycles. The molecule has 0 aliphatic carbocycles. The Morgan fingerprint density at radius 3 is 2.48 bits per heavy atom. The highest BCUT2D eigenvalue weighted by molar-refractivity contribution is 7.89. The molecule has 1 N–H and O–H groups in total. The highest BCUT2D eigenvalue weighted by atomic mass is 32.2. The topological polar surface area (TPSA) is 86.8 Å². The first-order valence-corrected chi connectivity index (χ1v) is 13.0. The molecule has 4 rings (SSSR count). The van der Waals surface area contributed by atoms with Crippen molar-refractivity contribution in [3.05, 3.63) is 59.2 Å². The monoisotopic (exact) mass is 469 g/mol. The predicted octanol–water partition coefficient (Wildman–Crippen LogP) is 3.15. The normalized spacial score (nSPS) is 18.7. The first kappa shape index (κ1) is 23.4. The number of benzene rings is 2. The molecule has 0 radical (unpaired) electrons. The fourth-order valence-electron chi connectivity index (χ4n) is 4.64. The van der Waals surface area contributed by atoms with Crippen molar-refractivity contribution in [1.29, 1.82) is 0 Å². The van der Waals surface area contributed by atoms with Crippen molar-refractivity contribution in [2.75, 3.05) is 18.0 Å². The van der Waals surface area contributed by atoms with Gasteiger partial charge >= 0.3 is 0 Å². The molecule has 2 aliphatic rings. The van der Waals surface area contributed by atoms with E-state index in [2.05, 4.69) is 5.32 Å². The number of carbonyl (C=O) groups is 2. The third kappa shape index (κ3) is 4.68. The number of rotatable bonds is 6. The number of amides is 2. The predicted molar refractivity (Wildman–Crippen MR) is 127 cm³/mol. The first-order chi connectivity index (χ1) is 15.8. The lowest BCUT2D eigenvalue weighted by atomic mass is 10.1. The van der Waals surface area contributed by atoms with Crippen molar-refractivity contribution in [3.8, 4) is 0 Å². The van der Waals surface area contributed by atoms with E-state index in [-0.39, 0.29) is 23.1 Å². The number of nitrogens with zero attached hydrogens (tertiary/aromatic N) is 2. The molecule has 33 heavy (non-hydrogen) atoms. The number of carbonyl (C=O) groups excluding carboxylic acids is 2. The number of piperidine rings is 1. The number of aryl methyl sites for hydroxylation is 1. The third-order valence-corrected chi connectivity index (χ3v) is 8.47. The molecule has 1 atom stereocenters. The van der Waals surface area contributed by atoms with E-state index in [0.717, 1.165) is 30.4 Å². The van der Waals surface area contributed by atoms with Gasteiger partial charge in [-0.05, 0) is 54.7 Å². The van der Waals surface area contributed by atoms with Gasteiger partial charge in [0, 0.05) is 38.2 Å². The van der Waals surface area contributed by atoms with E-state index >= 15 is 0 Å². The highest BCUT2D eigenvalue weighted by Gasteiger charge is 2.38. The quantitative estimate of drug-likeness (QED) is 0.704. The van der Waals surface area contributed by atoms with E-state index in [1.807, 2.05) is 31.2 Å². The summed E-state index contributed by atoms with van der Waals surface area (Å²) >= 11 is 0. The van der Waals surface area contributed by atoms with Gasteiger partial charge in [-0.3, -0.25) is 14.5 Å². The average Bonchev–Trinajstić information content (AvgIpc) is 3.22. The molecule has 0 saturated carbocycles. The highest BCUT2D eigenvalue weighted by Crippen LogP contribution is 2.35. The summed E-state index contributed by atoms with van der Waals surface area (Å²) in [5, 5.41) is 2.96. The maximum Gasteiger partial charge on any atom is 0.243 e. The molecular weight excluding hydrogens is 438 g/mol. The van der Waals surface area contributed by atoms with E-state index in [9.17, 15) is 18.0 Å². The van der Waals surface area contributed by atoms with Crippen molar-refractivity contribution >= 4 is 27.5 Å². The minimum absolute atomic E-state index is 0.156. The number of anilines is 1. The van der Waals surface area contributed by atoms with Crippen molar-refractivity contribution < 1.29 is 18.0 Å². The van der Waals surface area contributed by atoms with Gasteiger partial charge in [0.15, 0.2) is 0 Å². The Labute approximate surface area is 195 Å². The summed E-state index contributed by atoms with van der Waals surface area (Å²) in [6.07, 6.45) is 3.33. The maximum absolute atomic E-state index is 13.1. The van der Waals surface area contributed by atoms with E-state index in [1.54, 1.807) is 25.1 Å². The molecule has 176 valence electrons. The van der Waals surface area contributed by atoms with Gasteiger partial charge < -0.3 is 5.32 Å². The Morgan fingerprint density at radius 2 is 1.79 bits per heavy atom. The molecule has 0 bridgehead atoms. The molecule has 8 heteroatoms. The van der Waals surface area contributed by atoms with Crippen LogP contribution < -0.4 is 10.2 Å². The van der Waals surface area contributed by atoms with Crippen LogP contribution in [0.15, 0.2) is 47.4 Å². The van der Waals surface area contributed by atoms with Crippen molar-refractivity contribution in [3.63, 3.8) is 0 Å². The molecule has 2 heterocycles. The molecule has 0 spiro atoms. The molecule has 1 unspecified atom stereocenters. The lowest BCUT2D eigenvalue weighted by Gasteiger charge is -2.26. The standard InChI is InChI=1S/C25H31N3O4S/c1-3-24(29)28-22-12-11-21(33(31,32)27-13-7-4-8-14-27)15-20(22)16-23(28)25(30)26-17-19-10-6-5-9-18(19)2/h5-6,9-12,15,23H,3-4,7-8,13-14,16-17H2,1-2H3,(H,26,30). The molecule has 2 aromatic rings. The minimum atomic E-state index is -3.59. The number of hydrogen-bond donors (Lipinski definition) is 1. The van der Waals surface area contributed by atoms with Crippen LogP contribution in [-0.2, 0) is 32.6 Å². The van der Waals surface area contributed by atoms with Crippen LogP contribution in [0.25, 0.3) is 0 Å². The van der Waals surface area contributed by atoms with Crippen LogP contribution in [0.4, 0.5) is 5.69 Å². The summed E-state index contributed by atoms with van der Waals surface area (Å²) in [7, 11) is -3.59. The van der Waals surface area contributed by atoms with Gasteiger partial charge in [-0.1, -0.05) is 37.6 Å². The van der Waals surface area contributed by atoms with E-state index in [0.29, 0.717) is 37.3 Å². The van der Waals surface area contributed by atoms with Crippen molar-refractivity contribution in [1.82, 2.24) is 9.62 Å². The fourth-order valence-corrected chi connectivity index (χ4v) is 6.21. The summed E-state index contributed by atoms with van der Waals surface area (Å²) in [6, 6.07) is 12.0. The molecule has 2 amide bonds. The van der Waals surface area contributed by atoms with E-state index in [1.165, 1.54) is 9.21 Å². The maximum atomic E-state index is 13.1. The Morgan fingerprint density at radius 1 is 1.06 bits per heavy atom. The Hall–Kier alpha value is -2.71. The van der Waals surface area contributed by atoms with Crippen LogP contribution in [0.1, 0.15) is 49.3 Å². The second kappa shape index (κ2) is 9.65. The zero-order chi connectivity index (χ0) is 23.6. The van der Waals surface area contributed by atoms with Crippen LogP contribution in [0.2, 0.25) is 0 Å². The smallest absolute Gasteiger partial charge is 0.243 e. The molecule has 1 fully saturated rings. The lowest BCUT2D eigenvalue weighted by Crippen LogP contribution is -2.47. The second-order valence-electron chi connectivity index (χ2n) is 8.74. The first-order valence-electron chi connectivity index (χ1n) is 11.6. The van der Waals surface area contributed by atoms with Gasteiger partial charge in [0.25, 0.3) is 0 Å². The lowest BCUT2D eigenvalue weighted by molar-refractivity contribution is -0.126. The van der Waals surface area contributed by atoms with Crippen LogP contribution in [0.3, 0.4) is 0 Å². The van der Waals surface area contributed by atoms with Crippen molar-refractivity contribution in [2.24, 2.45) is 0 Å². The minimum Gasteiger partial charge on any atom is -0.350 e. The Kier molecular flexibility index (Phi) is 6.86. The van der Waals surface area contributed by atoms with Crippen LogP contribution in [0, 0.1) is 6.92 Å². The largest absolute Gasteiger partial charge is 0.350 e. The van der Waals surface area contributed by atoms with Gasteiger partial charge in [-0.15, -0.1) is 0 Å².